The van der Waals surface area contributed by atoms with Crippen molar-refractivity contribution >= 4 is 22.7 Å². The summed E-state index contributed by atoms with van der Waals surface area (Å²) in [5.74, 6) is 0. The fourth-order valence-electron chi connectivity index (χ4n) is 5.03. The molecule has 0 bridgehead atoms. The number of hydrogen-bond donors (Lipinski definition) is 2. The van der Waals surface area contributed by atoms with Gasteiger partial charge in [-0.05, 0) is 110 Å². The van der Waals surface area contributed by atoms with E-state index < -0.39 is 0 Å². The summed E-state index contributed by atoms with van der Waals surface area (Å²) in [6.45, 7) is 15.5. The van der Waals surface area contributed by atoms with Gasteiger partial charge in [-0.2, -0.15) is 0 Å². The van der Waals surface area contributed by atoms with Crippen LogP contribution in [-0.4, -0.2) is 25.3 Å². The smallest absolute Gasteiger partial charge is 0.0603 e. The largest absolute Gasteiger partial charge is 0.385 e. The van der Waals surface area contributed by atoms with Crippen LogP contribution in [0, 0.1) is 13.8 Å². The molecular formula is C34H39N3. The van der Waals surface area contributed by atoms with Crippen molar-refractivity contribution in [3.05, 3.63) is 112 Å². The molecule has 0 heterocycles. The number of aliphatic imine (C=N–C) groups is 1. The van der Waals surface area contributed by atoms with Crippen LogP contribution in [0.15, 0.2) is 95.0 Å². The van der Waals surface area contributed by atoms with Gasteiger partial charge < -0.3 is 10.6 Å². The van der Waals surface area contributed by atoms with Crippen LogP contribution in [0.4, 0.5) is 11.4 Å². The van der Waals surface area contributed by atoms with Gasteiger partial charge in [0.15, 0.2) is 0 Å². The zero-order chi connectivity index (χ0) is 26.4. The number of para-hydroxylation sites is 1. The van der Waals surface area contributed by atoms with Gasteiger partial charge in [0.25, 0.3) is 0 Å². The number of nitrogens with one attached hydrogen (secondary N) is 2. The van der Waals surface area contributed by atoms with E-state index >= 15 is 0 Å². The Labute approximate surface area is 222 Å². The number of rotatable bonds is 8. The van der Waals surface area contributed by atoms with E-state index in [-0.39, 0.29) is 0 Å². The first-order valence-electron chi connectivity index (χ1n) is 13.4. The quantitative estimate of drug-likeness (QED) is 0.332. The minimum absolute atomic E-state index is 0.789. The summed E-state index contributed by atoms with van der Waals surface area (Å²) in [7, 11) is 0. The molecule has 0 amide bonds. The summed E-state index contributed by atoms with van der Waals surface area (Å²) in [4.78, 5) is 4.65. The lowest BCUT2D eigenvalue weighted by Crippen LogP contribution is -2.05. The third-order valence-electron chi connectivity index (χ3n) is 6.80. The molecule has 0 saturated carbocycles. The molecule has 2 N–H and O–H groups in total. The second-order valence-electron chi connectivity index (χ2n) is 9.52. The van der Waals surface area contributed by atoms with Crippen LogP contribution in [0.5, 0.6) is 0 Å². The highest BCUT2D eigenvalue weighted by Crippen LogP contribution is 2.36. The molecule has 190 valence electrons. The third kappa shape index (κ3) is 5.77. The number of aryl methyl sites for hydroxylation is 2. The number of benzene rings is 3. The summed E-state index contributed by atoms with van der Waals surface area (Å²) >= 11 is 0. The van der Waals surface area contributed by atoms with Gasteiger partial charge in [0, 0.05) is 36.6 Å². The van der Waals surface area contributed by atoms with Gasteiger partial charge in [-0.15, -0.1) is 0 Å². The number of hydrogen-bond acceptors (Lipinski definition) is 3. The monoisotopic (exact) mass is 489 g/mol. The van der Waals surface area contributed by atoms with E-state index in [1.165, 1.54) is 55.8 Å². The topological polar surface area (TPSA) is 36.4 Å². The van der Waals surface area contributed by atoms with Crippen LogP contribution in [0.3, 0.4) is 0 Å². The standard InChI is InChI=1S/C34H39N3/c1-7-35-29-18-19-30(24(5)22-29)33(28-17-20-32(36-8-2)25(6)21-28)27-15-13-26(14-16-27)31-12-10-11-23(4)34(31)37-9-3/h10-22,35,37H,7-9H2,1-6H3/b33-28-,36-32?. The molecule has 3 aromatic rings. The van der Waals surface area contributed by atoms with Crippen LogP contribution in [0.2, 0.25) is 0 Å². The Hall–Kier alpha value is -3.85. The van der Waals surface area contributed by atoms with Crippen molar-refractivity contribution in [3.8, 4) is 11.1 Å². The predicted octanol–water partition coefficient (Wildman–Crippen LogP) is 8.61. The maximum atomic E-state index is 4.65. The van der Waals surface area contributed by atoms with Crippen molar-refractivity contribution in [2.75, 3.05) is 30.3 Å². The van der Waals surface area contributed by atoms with Crippen molar-refractivity contribution in [1.82, 2.24) is 0 Å². The van der Waals surface area contributed by atoms with E-state index in [1.807, 2.05) is 0 Å². The summed E-state index contributed by atoms with van der Waals surface area (Å²) in [5, 5.41) is 7.00. The first-order chi connectivity index (χ1) is 18.0. The van der Waals surface area contributed by atoms with E-state index in [9.17, 15) is 0 Å². The molecule has 4 rings (SSSR count). The molecule has 1 aliphatic carbocycles. The molecule has 0 atom stereocenters. The summed E-state index contributed by atoms with van der Waals surface area (Å²) < 4.78 is 0. The van der Waals surface area contributed by atoms with Crippen LogP contribution >= 0.6 is 0 Å². The number of allylic oxidation sites excluding steroid dienone is 5. The molecule has 0 saturated heterocycles. The molecule has 3 aromatic carbocycles. The second-order valence-corrected chi connectivity index (χ2v) is 9.52. The number of nitrogens with zero attached hydrogens (tertiary/aromatic N) is 1. The molecule has 37 heavy (non-hydrogen) atoms. The van der Waals surface area contributed by atoms with E-state index in [2.05, 4.69) is 136 Å². The predicted molar refractivity (Wildman–Crippen MR) is 163 cm³/mol. The highest BCUT2D eigenvalue weighted by Gasteiger charge is 2.16. The molecule has 0 radical (unpaired) electrons. The molecule has 0 aliphatic heterocycles. The summed E-state index contributed by atoms with van der Waals surface area (Å²) in [6, 6.07) is 22.2. The molecule has 0 fully saturated rings. The summed E-state index contributed by atoms with van der Waals surface area (Å²) in [5.41, 5.74) is 14.5. The maximum Gasteiger partial charge on any atom is 0.0603 e. The lowest BCUT2D eigenvalue weighted by Gasteiger charge is -2.19. The van der Waals surface area contributed by atoms with Gasteiger partial charge in [-0.3, -0.25) is 4.99 Å². The minimum atomic E-state index is 0.789. The fraction of sp³-hybridized carbons (Fsp3) is 0.265. The van der Waals surface area contributed by atoms with Crippen LogP contribution in [0.25, 0.3) is 16.7 Å². The van der Waals surface area contributed by atoms with Crippen LogP contribution in [0.1, 0.15) is 49.9 Å². The van der Waals surface area contributed by atoms with Crippen molar-refractivity contribution in [1.29, 1.82) is 0 Å². The molecular weight excluding hydrogens is 450 g/mol. The highest BCUT2D eigenvalue weighted by atomic mass is 14.9. The molecule has 0 aromatic heterocycles. The SMILES string of the molecule is CCN=C1C=C/C(=C(\c2ccc(-c3cccc(C)c3NCC)cc2)c2ccc(NCC)cc2C)C=C1C. The van der Waals surface area contributed by atoms with Crippen LogP contribution < -0.4 is 10.6 Å². The van der Waals surface area contributed by atoms with Gasteiger partial charge >= 0.3 is 0 Å². The van der Waals surface area contributed by atoms with Gasteiger partial charge in [0.05, 0.1) is 5.71 Å². The Morgan fingerprint density at radius 1 is 0.784 bits per heavy atom. The normalized spacial score (nSPS) is 15.5. The zero-order valence-corrected chi connectivity index (χ0v) is 23.1. The minimum Gasteiger partial charge on any atom is -0.385 e. The lowest BCUT2D eigenvalue weighted by atomic mass is 9.86. The van der Waals surface area contributed by atoms with E-state index in [0.717, 1.165) is 31.0 Å². The number of anilines is 2. The maximum absolute atomic E-state index is 4.65. The Morgan fingerprint density at radius 3 is 2.19 bits per heavy atom. The molecule has 3 nitrogen and oxygen atoms in total. The van der Waals surface area contributed by atoms with E-state index in [4.69, 9.17) is 0 Å². The summed E-state index contributed by atoms with van der Waals surface area (Å²) in [6.07, 6.45) is 6.64. The average Bonchev–Trinajstić information content (AvgIpc) is 2.89. The van der Waals surface area contributed by atoms with Gasteiger partial charge in [-0.1, -0.05) is 54.6 Å². The average molecular weight is 490 g/mol. The Balaban J connectivity index is 1.85. The third-order valence-corrected chi connectivity index (χ3v) is 6.80. The Morgan fingerprint density at radius 2 is 1.54 bits per heavy atom. The van der Waals surface area contributed by atoms with E-state index in [0.29, 0.717) is 0 Å². The van der Waals surface area contributed by atoms with E-state index in [1.54, 1.807) is 0 Å². The highest BCUT2D eigenvalue weighted by molar-refractivity contribution is 6.11. The van der Waals surface area contributed by atoms with Crippen molar-refractivity contribution in [3.63, 3.8) is 0 Å². The zero-order valence-electron chi connectivity index (χ0n) is 23.1. The molecule has 0 unspecified atom stereocenters. The first-order valence-corrected chi connectivity index (χ1v) is 13.4. The second kappa shape index (κ2) is 11.9. The van der Waals surface area contributed by atoms with Gasteiger partial charge in [0.1, 0.15) is 0 Å². The van der Waals surface area contributed by atoms with Gasteiger partial charge in [-0.25, -0.2) is 0 Å². The first kappa shape index (κ1) is 26.2. The van der Waals surface area contributed by atoms with Crippen molar-refractivity contribution in [2.24, 2.45) is 4.99 Å². The van der Waals surface area contributed by atoms with Crippen molar-refractivity contribution in [2.45, 2.75) is 41.5 Å². The lowest BCUT2D eigenvalue weighted by molar-refractivity contribution is 1.13. The Kier molecular flexibility index (Phi) is 8.45. The van der Waals surface area contributed by atoms with Crippen molar-refractivity contribution < 1.29 is 0 Å². The molecule has 3 heteroatoms. The van der Waals surface area contributed by atoms with Crippen LogP contribution in [-0.2, 0) is 0 Å². The Bertz CT molecular complexity index is 1390. The fourth-order valence-corrected chi connectivity index (χ4v) is 5.03. The van der Waals surface area contributed by atoms with Gasteiger partial charge in [0.2, 0.25) is 0 Å². The molecule has 0 spiro atoms. The molecule has 1 aliphatic rings.